The Morgan fingerprint density at radius 3 is 2.07 bits per heavy atom. The van der Waals surface area contributed by atoms with Gasteiger partial charge in [-0.05, 0) is 65.8 Å². The topological polar surface area (TPSA) is 111 Å². The van der Waals surface area contributed by atoms with Crippen LogP contribution in [0, 0.1) is 10.3 Å². The summed E-state index contributed by atoms with van der Waals surface area (Å²) in [5.74, 6) is -1.09. The normalized spacial score (nSPS) is 11.3. The Hall–Kier alpha value is -3.72. The van der Waals surface area contributed by atoms with Gasteiger partial charge in [-0.1, -0.05) is 12.1 Å². The van der Waals surface area contributed by atoms with Crippen molar-refractivity contribution in [1.82, 2.24) is 0 Å². The van der Waals surface area contributed by atoms with Crippen molar-refractivity contribution < 1.29 is 13.4 Å². The van der Waals surface area contributed by atoms with Crippen molar-refractivity contribution in [3.8, 4) is 0 Å². The summed E-state index contributed by atoms with van der Waals surface area (Å²) in [5.41, 5.74) is 1.13. The van der Waals surface area contributed by atoms with Gasteiger partial charge in [-0.25, -0.2) is 9.00 Å². The van der Waals surface area contributed by atoms with Crippen molar-refractivity contribution in [1.29, 1.82) is 5.41 Å². The van der Waals surface area contributed by atoms with Crippen molar-refractivity contribution in [2.45, 2.75) is 9.79 Å². The number of benzene rings is 3. The Bertz CT molecular complexity index is 1090. The molecule has 29 heavy (non-hydrogen) atoms. The molecular formula is C20H15FN4O3S. The van der Waals surface area contributed by atoms with E-state index in [1.165, 1.54) is 30.3 Å². The van der Waals surface area contributed by atoms with E-state index in [2.05, 4.69) is 15.8 Å². The second-order valence-corrected chi connectivity index (χ2v) is 7.33. The van der Waals surface area contributed by atoms with Crippen LogP contribution in [-0.4, -0.2) is 16.2 Å². The van der Waals surface area contributed by atoms with Crippen LogP contribution in [0.25, 0.3) is 0 Å². The summed E-state index contributed by atoms with van der Waals surface area (Å²) in [6.07, 6.45) is 0. The molecule has 0 aliphatic heterocycles. The zero-order chi connectivity index (χ0) is 20.8. The van der Waals surface area contributed by atoms with E-state index in [1.54, 1.807) is 42.5 Å². The van der Waals surface area contributed by atoms with Crippen molar-refractivity contribution >= 4 is 39.9 Å². The highest BCUT2D eigenvalue weighted by molar-refractivity contribution is 7.85. The Morgan fingerprint density at radius 1 is 0.897 bits per heavy atom. The molecule has 0 aliphatic rings. The van der Waals surface area contributed by atoms with Crippen molar-refractivity contribution in [2.24, 2.45) is 5.18 Å². The van der Waals surface area contributed by atoms with Gasteiger partial charge in [0.05, 0.1) is 10.8 Å². The summed E-state index contributed by atoms with van der Waals surface area (Å²) in [6, 6.07) is 17.9. The molecular weight excluding hydrogens is 395 g/mol. The van der Waals surface area contributed by atoms with Crippen LogP contribution in [0.1, 0.15) is 5.56 Å². The first-order valence-electron chi connectivity index (χ1n) is 8.34. The van der Waals surface area contributed by atoms with Gasteiger partial charge >= 0.3 is 6.03 Å². The van der Waals surface area contributed by atoms with Crippen LogP contribution in [-0.2, 0) is 10.8 Å². The van der Waals surface area contributed by atoms with Crippen LogP contribution >= 0.6 is 0 Å². The minimum absolute atomic E-state index is 0.0617. The number of hydrogen-bond donors (Lipinski definition) is 3. The zero-order valence-electron chi connectivity index (χ0n) is 14.9. The van der Waals surface area contributed by atoms with Gasteiger partial charge < -0.3 is 10.6 Å². The number of hydrogen-bond acceptors (Lipinski definition) is 5. The third-order valence-corrected chi connectivity index (χ3v) is 5.26. The molecule has 9 heteroatoms. The molecule has 0 fully saturated rings. The van der Waals surface area contributed by atoms with Crippen LogP contribution in [0.3, 0.4) is 0 Å². The van der Waals surface area contributed by atoms with Gasteiger partial charge in [-0.3, -0.25) is 5.41 Å². The lowest BCUT2D eigenvalue weighted by Gasteiger charge is -2.09. The van der Waals surface area contributed by atoms with Gasteiger partial charge in [-0.2, -0.15) is 4.39 Å². The quantitative estimate of drug-likeness (QED) is 0.384. The second kappa shape index (κ2) is 8.98. The predicted molar refractivity (Wildman–Crippen MR) is 110 cm³/mol. The van der Waals surface area contributed by atoms with Crippen LogP contribution < -0.4 is 10.6 Å². The monoisotopic (exact) mass is 410 g/mol. The van der Waals surface area contributed by atoms with E-state index in [4.69, 9.17) is 5.41 Å². The fourth-order valence-electron chi connectivity index (χ4n) is 2.46. The van der Waals surface area contributed by atoms with Crippen LogP contribution in [0.2, 0.25) is 0 Å². The number of nitroso groups, excluding NO2 is 1. The number of nitrogens with zero attached hydrogens (tertiary/aromatic N) is 1. The maximum absolute atomic E-state index is 13.0. The van der Waals surface area contributed by atoms with E-state index in [-0.39, 0.29) is 11.3 Å². The standard InChI is InChI=1S/C20H15FN4O3S/c21-19(22)13-2-1-3-16(12-13)24-20(26)23-14-4-8-17(9-5-14)29(28)18-10-6-15(25-27)7-11-18/h1-12,22H,(H2,23,24,26). The van der Waals surface area contributed by atoms with Gasteiger partial charge in [0.25, 0.3) is 0 Å². The predicted octanol–water partition coefficient (Wildman–Crippen LogP) is 5.19. The molecule has 0 bridgehead atoms. The molecule has 0 spiro atoms. The summed E-state index contributed by atoms with van der Waals surface area (Å²) in [7, 11) is -1.44. The van der Waals surface area contributed by atoms with Crippen LogP contribution in [0.4, 0.5) is 26.2 Å². The number of amides is 2. The SMILES string of the molecule is N=C(F)c1cccc(NC(=O)Nc2ccc(S(=O)c3ccc(N=O)cc3)cc2)c1. The molecule has 1 atom stereocenters. The number of nitrogens with one attached hydrogen (secondary N) is 3. The van der Waals surface area contributed by atoms with Crippen molar-refractivity contribution in [2.75, 3.05) is 10.6 Å². The van der Waals surface area contributed by atoms with E-state index in [9.17, 15) is 18.3 Å². The lowest BCUT2D eigenvalue weighted by molar-refractivity contribution is 0.262. The third-order valence-electron chi connectivity index (χ3n) is 3.86. The van der Waals surface area contributed by atoms with E-state index >= 15 is 0 Å². The largest absolute Gasteiger partial charge is 0.323 e. The highest BCUT2D eigenvalue weighted by atomic mass is 32.2. The molecule has 2 amide bonds. The minimum Gasteiger partial charge on any atom is -0.308 e. The lowest BCUT2D eigenvalue weighted by Crippen LogP contribution is -2.19. The van der Waals surface area contributed by atoms with Gasteiger partial charge in [0, 0.05) is 26.7 Å². The Kier molecular flexibility index (Phi) is 6.20. The minimum atomic E-state index is -1.44. The number of urea groups is 1. The summed E-state index contributed by atoms with van der Waals surface area (Å²) in [5, 5.41) is 15.0. The van der Waals surface area contributed by atoms with Crippen LogP contribution in [0.15, 0.2) is 87.8 Å². The van der Waals surface area contributed by atoms with Crippen molar-refractivity contribution in [3.05, 3.63) is 83.3 Å². The fraction of sp³-hybridized carbons (Fsp3) is 0. The lowest BCUT2D eigenvalue weighted by atomic mass is 10.2. The number of carbonyl (C=O) groups excluding carboxylic acids is 1. The highest BCUT2D eigenvalue weighted by Gasteiger charge is 2.09. The molecule has 3 N–H and O–H groups in total. The maximum atomic E-state index is 13.0. The van der Waals surface area contributed by atoms with E-state index < -0.39 is 22.8 Å². The number of halogens is 1. The summed E-state index contributed by atoms with van der Waals surface area (Å²) >= 11 is 0. The number of anilines is 2. The average Bonchev–Trinajstić information content (AvgIpc) is 2.74. The first kappa shape index (κ1) is 20.0. The highest BCUT2D eigenvalue weighted by Crippen LogP contribution is 2.21. The Morgan fingerprint density at radius 2 is 1.48 bits per heavy atom. The zero-order valence-corrected chi connectivity index (χ0v) is 15.7. The van der Waals surface area contributed by atoms with Gasteiger partial charge in [0.2, 0.25) is 5.97 Å². The van der Waals surface area contributed by atoms with E-state index in [0.717, 1.165) is 0 Å². The first-order chi connectivity index (χ1) is 14.0. The third kappa shape index (κ3) is 5.17. The molecule has 1 unspecified atom stereocenters. The number of carbonyl (C=O) groups is 1. The second-order valence-electron chi connectivity index (χ2n) is 5.85. The Labute approximate surface area is 167 Å². The smallest absolute Gasteiger partial charge is 0.308 e. The van der Waals surface area contributed by atoms with Gasteiger partial charge in [0.1, 0.15) is 5.69 Å². The summed E-state index contributed by atoms with van der Waals surface area (Å²) < 4.78 is 25.5. The molecule has 3 aromatic rings. The molecule has 0 heterocycles. The molecule has 0 radical (unpaired) electrons. The molecule has 146 valence electrons. The average molecular weight is 410 g/mol. The Balaban J connectivity index is 1.64. The maximum Gasteiger partial charge on any atom is 0.323 e. The summed E-state index contributed by atoms with van der Waals surface area (Å²) in [4.78, 5) is 23.6. The molecule has 0 saturated heterocycles. The fourth-order valence-corrected chi connectivity index (χ4v) is 3.49. The molecule has 0 aromatic heterocycles. The molecule has 3 aromatic carbocycles. The van der Waals surface area contributed by atoms with Gasteiger partial charge in [0.15, 0.2) is 0 Å². The first-order valence-corrected chi connectivity index (χ1v) is 9.49. The molecule has 7 nitrogen and oxygen atoms in total. The number of rotatable bonds is 6. The van der Waals surface area contributed by atoms with Crippen LogP contribution in [0.5, 0.6) is 0 Å². The molecule has 3 rings (SSSR count). The van der Waals surface area contributed by atoms with E-state index in [0.29, 0.717) is 21.2 Å². The van der Waals surface area contributed by atoms with E-state index in [1.807, 2.05) is 0 Å². The molecule has 0 saturated carbocycles. The molecule has 0 aliphatic carbocycles. The van der Waals surface area contributed by atoms with Gasteiger partial charge in [-0.15, -0.1) is 4.91 Å². The summed E-state index contributed by atoms with van der Waals surface area (Å²) in [6.45, 7) is 0. The van der Waals surface area contributed by atoms with Crippen molar-refractivity contribution in [3.63, 3.8) is 0 Å².